The summed E-state index contributed by atoms with van der Waals surface area (Å²) in [6.45, 7) is 4.83. The molecule has 310 valence electrons. The van der Waals surface area contributed by atoms with Crippen molar-refractivity contribution < 1.29 is 0 Å². The molecular weight excluding hydrogens is 787 g/mol. The Labute approximate surface area is 379 Å². The number of fused-ring (bicyclic) bond motifs is 6. The van der Waals surface area contributed by atoms with Gasteiger partial charge in [-0.2, -0.15) is 0 Å². The molecule has 9 aromatic carbocycles. The minimum absolute atomic E-state index is 0.180. The molecule has 9 aromatic rings. The molecule has 3 aliphatic rings. The van der Waals surface area contributed by atoms with Crippen molar-refractivity contribution in [2.75, 3.05) is 4.90 Å². The van der Waals surface area contributed by atoms with Crippen molar-refractivity contribution in [1.29, 1.82) is 0 Å². The molecule has 3 unspecified atom stereocenters. The first-order valence-electron chi connectivity index (χ1n) is 23.4. The summed E-state index contributed by atoms with van der Waals surface area (Å²) in [5.74, 6) is 2.47. The normalized spacial score (nSPS) is 18.2. The van der Waals surface area contributed by atoms with E-state index in [0.717, 1.165) is 11.8 Å². The minimum Gasteiger partial charge on any atom is -0.310 e. The van der Waals surface area contributed by atoms with E-state index in [0.29, 0.717) is 5.92 Å². The van der Waals surface area contributed by atoms with Crippen LogP contribution in [0.15, 0.2) is 218 Å². The van der Waals surface area contributed by atoms with Crippen molar-refractivity contribution in [2.45, 2.75) is 50.9 Å². The zero-order chi connectivity index (χ0) is 42.8. The number of rotatable bonds is 9. The van der Waals surface area contributed by atoms with Crippen LogP contribution in [0.25, 0.3) is 33.0 Å². The molecule has 0 heterocycles. The van der Waals surface area contributed by atoms with E-state index < -0.39 is 8.07 Å². The van der Waals surface area contributed by atoms with Gasteiger partial charge >= 0.3 is 0 Å². The Morgan fingerprint density at radius 2 is 1.02 bits per heavy atom. The summed E-state index contributed by atoms with van der Waals surface area (Å²) in [4.78, 5) is 2.51. The molecular formula is C62H53NSi. The highest BCUT2D eigenvalue weighted by molar-refractivity contribution is 7.19. The monoisotopic (exact) mass is 839 g/mol. The zero-order valence-electron chi connectivity index (χ0n) is 36.8. The highest BCUT2D eigenvalue weighted by Crippen LogP contribution is 2.55. The third kappa shape index (κ3) is 6.26. The molecule has 3 aliphatic carbocycles. The van der Waals surface area contributed by atoms with Crippen molar-refractivity contribution in [3.8, 4) is 22.3 Å². The number of nitrogens with zero attached hydrogens (tertiary/aromatic N) is 1. The summed E-state index contributed by atoms with van der Waals surface area (Å²) in [5.41, 5.74) is 12.9. The van der Waals surface area contributed by atoms with E-state index in [1.165, 1.54) is 113 Å². The van der Waals surface area contributed by atoms with E-state index in [2.05, 4.69) is 237 Å². The van der Waals surface area contributed by atoms with Crippen LogP contribution in [-0.2, 0) is 5.41 Å². The number of anilines is 3. The first-order valence-corrected chi connectivity index (χ1v) is 25.4. The Bertz CT molecular complexity index is 3040. The van der Waals surface area contributed by atoms with Crippen LogP contribution >= 0.6 is 0 Å². The van der Waals surface area contributed by atoms with Crippen LogP contribution in [0.4, 0.5) is 17.1 Å². The molecule has 2 saturated carbocycles. The average molecular weight is 840 g/mol. The summed E-state index contributed by atoms with van der Waals surface area (Å²) in [6.07, 6.45) is 5.59. The van der Waals surface area contributed by atoms with Gasteiger partial charge in [-0.3, -0.25) is 0 Å². The van der Waals surface area contributed by atoms with Crippen molar-refractivity contribution in [3.63, 3.8) is 0 Å². The average Bonchev–Trinajstić information content (AvgIpc) is 4.06. The van der Waals surface area contributed by atoms with Crippen LogP contribution in [0.3, 0.4) is 0 Å². The van der Waals surface area contributed by atoms with Crippen LogP contribution in [-0.4, -0.2) is 8.07 Å². The molecule has 0 saturated heterocycles. The van der Waals surface area contributed by atoms with Crippen LogP contribution < -0.4 is 25.6 Å². The molecule has 0 radical (unpaired) electrons. The zero-order valence-corrected chi connectivity index (χ0v) is 37.8. The third-order valence-corrected chi connectivity index (χ3v) is 20.3. The summed E-state index contributed by atoms with van der Waals surface area (Å²) in [7, 11) is -2.68. The second kappa shape index (κ2) is 15.5. The lowest BCUT2D eigenvalue weighted by Crippen LogP contribution is -2.74. The maximum atomic E-state index is 2.51. The first-order chi connectivity index (χ1) is 31.5. The van der Waals surface area contributed by atoms with Crippen molar-refractivity contribution in [3.05, 3.63) is 235 Å². The molecule has 0 amide bonds. The molecule has 0 aromatic heterocycles. The molecule has 3 atom stereocenters. The summed E-state index contributed by atoms with van der Waals surface area (Å²) < 4.78 is 0. The van der Waals surface area contributed by atoms with E-state index in [1.807, 2.05) is 0 Å². The van der Waals surface area contributed by atoms with Gasteiger partial charge in [0.2, 0.25) is 0 Å². The second-order valence-corrected chi connectivity index (χ2v) is 23.1. The SMILES string of the molecule is CC1(C)c2cc(N(c3ccc(C4CC5CCC4C5)cc3)c3ccc([Si](c4ccccc4)(c4ccccc4)c4ccccc4)cc3)ccc2-c2c(-c3ccc4ccccc4c3)cccc21. The fourth-order valence-corrected chi connectivity index (χ4v) is 17.2. The van der Waals surface area contributed by atoms with Gasteiger partial charge in [0.25, 0.3) is 0 Å². The number of hydrogen-bond acceptors (Lipinski definition) is 1. The van der Waals surface area contributed by atoms with Gasteiger partial charge in [-0.25, -0.2) is 0 Å². The van der Waals surface area contributed by atoms with Crippen molar-refractivity contribution in [1.82, 2.24) is 0 Å². The predicted molar refractivity (Wildman–Crippen MR) is 273 cm³/mol. The van der Waals surface area contributed by atoms with Crippen LogP contribution in [0.1, 0.15) is 62.1 Å². The molecule has 0 spiro atoms. The molecule has 0 N–H and O–H groups in total. The number of benzene rings is 9. The van der Waals surface area contributed by atoms with Crippen LogP contribution in [0, 0.1) is 11.8 Å². The van der Waals surface area contributed by atoms with Gasteiger partial charge in [-0.05, 0) is 150 Å². The third-order valence-electron chi connectivity index (χ3n) is 15.5. The molecule has 0 aliphatic heterocycles. The lowest BCUT2D eigenvalue weighted by Gasteiger charge is -2.35. The molecule has 2 fully saturated rings. The quantitative estimate of drug-likeness (QED) is 0.103. The summed E-state index contributed by atoms with van der Waals surface area (Å²) >= 11 is 0. The lowest BCUT2D eigenvalue weighted by molar-refractivity contribution is 0.420. The molecule has 1 nitrogen and oxygen atoms in total. The molecule has 12 rings (SSSR count). The maximum Gasteiger partial charge on any atom is 0.179 e. The first kappa shape index (κ1) is 38.9. The fourth-order valence-electron chi connectivity index (χ4n) is 12.4. The van der Waals surface area contributed by atoms with E-state index in [-0.39, 0.29) is 5.41 Å². The van der Waals surface area contributed by atoms with Gasteiger partial charge in [-0.15, -0.1) is 0 Å². The summed E-state index contributed by atoms with van der Waals surface area (Å²) in [6, 6.07) is 82.9. The standard InChI is InChI=1S/C62H53NSi/c1-62(2)59-24-14-23-56(48-28-27-44-15-12-13-16-46(44)41-48)61(59)57-38-35-51(42-60(57)62)63(49-31-29-45(30-32-49)58-40-43-25-26-47(58)39-43)50-33-36-55(37-34-50)64(52-17-6-3-7-18-52,53-19-8-4-9-20-53)54-21-10-5-11-22-54/h3-24,27-38,41-43,47,58H,25-26,39-40H2,1-2H3. The van der Waals surface area contributed by atoms with Gasteiger partial charge in [0.05, 0.1) is 0 Å². The summed E-state index contributed by atoms with van der Waals surface area (Å²) in [5, 5.41) is 8.08. The largest absolute Gasteiger partial charge is 0.310 e. The Balaban J connectivity index is 1.00. The lowest BCUT2D eigenvalue weighted by atomic mass is 9.81. The van der Waals surface area contributed by atoms with E-state index in [9.17, 15) is 0 Å². The second-order valence-electron chi connectivity index (χ2n) is 19.2. The Hall–Kier alpha value is -6.74. The maximum absolute atomic E-state index is 2.68. The van der Waals surface area contributed by atoms with Gasteiger partial charge in [-0.1, -0.05) is 196 Å². The Kier molecular flexibility index (Phi) is 9.42. The Morgan fingerprint density at radius 3 is 1.62 bits per heavy atom. The van der Waals surface area contributed by atoms with E-state index in [4.69, 9.17) is 0 Å². The van der Waals surface area contributed by atoms with Gasteiger partial charge in [0, 0.05) is 22.5 Å². The number of hydrogen-bond donors (Lipinski definition) is 0. The predicted octanol–water partition coefficient (Wildman–Crippen LogP) is 13.6. The molecule has 64 heavy (non-hydrogen) atoms. The van der Waals surface area contributed by atoms with Gasteiger partial charge in [0.1, 0.15) is 0 Å². The highest BCUT2D eigenvalue weighted by atomic mass is 28.3. The fraction of sp³-hybridized carbons (Fsp3) is 0.161. The van der Waals surface area contributed by atoms with Crippen molar-refractivity contribution >= 4 is 56.7 Å². The van der Waals surface area contributed by atoms with Crippen LogP contribution in [0.5, 0.6) is 0 Å². The topological polar surface area (TPSA) is 3.24 Å². The molecule has 2 heteroatoms. The van der Waals surface area contributed by atoms with Crippen molar-refractivity contribution in [2.24, 2.45) is 11.8 Å². The highest BCUT2D eigenvalue weighted by Gasteiger charge is 2.43. The minimum atomic E-state index is -2.68. The van der Waals surface area contributed by atoms with E-state index >= 15 is 0 Å². The van der Waals surface area contributed by atoms with Crippen LogP contribution in [0.2, 0.25) is 0 Å². The van der Waals surface area contributed by atoms with Gasteiger partial charge in [0.15, 0.2) is 8.07 Å². The van der Waals surface area contributed by atoms with E-state index in [1.54, 1.807) is 0 Å². The van der Waals surface area contributed by atoms with Gasteiger partial charge < -0.3 is 4.90 Å². The smallest absolute Gasteiger partial charge is 0.179 e. The molecule has 2 bridgehead atoms. The Morgan fingerprint density at radius 1 is 0.438 bits per heavy atom.